The maximum Gasteiger partial charge on any atom is 0.251 e. The second kappa shape index (κ2) is 13.1. The first kappa shape index (κ1) is 29.3. The van der Waals surface area contributed by atoms with Gasteiger partial charge in [0, 0.05) is 41.6 Å². The Morgan fingerprint density at radius 1 is 0.897 bits per heavy atom. The molecular weight excluding hydrogens is 599 g/mol. The smallest absolute Gasteiger partial charge is 0.251 e. The van der Waals surface area contributed by atoms with E-state index in [1.807, 2.05) is 24.3 Å². The highest BCUT2D eigenvalue weighted by molar-refractivity contribution is 6.07. The third kappa shape index (κ3) is 7.29. The van der Waals surface area contributed by atoms with Gasteiger partial charge in [0.05, 0.1) is 40.0 Å². The summed E-state index contributed by atoms with van der Waals surface area (Å²) in [5, 5.41) is 3.10. The molecule has 2 heterocycles. The van der Waals surface area contributed by atoms with E-state index in [4.69, 9.17) is 9.47 Å². The summed E-state index contributed by atoms with van der Waals surface area (Å²) in [5.74, 6) is 0.738. The molecular formula is C33H39IN2O3. The lowest BCUT2D eigenvalue weighted by atomic mass is 9.99. The first-order chi connectivity index (χ1) is 18.4. The Bertz CT molecular complexity index is 1290. The van der Waals surface area contributed by atoms with Gasteiger partial charge >= 0.3 is 0 Å². The molecule has 1 N–H and O–H groups in total. The summed E-state index contributed by atoms with van der Waals surface area (Å²) in [5.41, 5.74) is 7.34. The standard InChI is InChI=1S/C33H38N2O3.HI/c1-4-24-5-9-26(10-6-24)27-11-14-32-29(21-27)22-28(15-20-38-32)33(36)34-30-12-7-25(8-13-30)23-35(2,3)31-16-18-37-19-17-31;/h5-14,21-22,31H,4,15-20,23H2,1-3H3;1H. The van der Waals surface area contributed by atoms with E-state index in [9.17, 15) is 4.79 Å². The molecule has 3 aromatic carbocycles. The van der Waals surface area contributed by atoms with Crippen molar-refractivity contribution >= 4 is 17.7 Å². The molecule has 0 spiro atoms. The van der Waals surface area contributed by atoms with E-state index in [0.717, 1.165) is 77.2 Å². The summed E-state index contributed by atoms with van der Waals surface area (Å²) in [6.07, 6.45) is 5.78. The van der Waals surface area contributed by atoms with Crippen molar-refractivity contribution in [1.29, 1.82) is 0 Å². The molecule has 1 amide bonds. The predicted octanol–water partition coefficient (Wildman–Crippen LogP) is 3.48. The van der Waals surface area contributed by atoms with Crippen LogP contribution in [-0.2, 0) is 22.5 Å². The summed E-state index contributed by atoms with van der Waals surface area (Å²) in [4.78, 5) is 13.2. The number of nitrogens with one attached hydrogen (secondary N) is 1. The second-order valence-electron chi connectivity index (χ2n) is 11.0. The van der Waals surface area contributed by atoms with Gasteiger partial charge < -0.3 is 43.3 Å². The van der Waals surface area contributed by atoms with E-state index in [2.05, 4.69) is 74.9 Å². The van der Waals surface area contributed by atoms with Crippen molar-refractivity contribution in [1.82, 2.24) is 0 Å². The average molecular weight is 639 g/mol. The Morgan fingerprint density at radius 3 is 2.26 bits per heavy atom. The molecule has 206 valence electrons. The fourth-order valence-electron chi connectivity index (χ4n) is 5.50. The predicted molar refractivity (Wildman–Crippen MR) is 154 cm³/mol. The Morgan fingerprint density at radius 2 is 1.56 bits per heavy atom. The summed E-state index contributed by atoms with van der Waals surface area (Å²) in [6.45, 7) is 5.32. The summed E-state index contributed by atoms with van der Waals surface area (Å²) < 4.78 is 12.5. The van der Waals surface area contributed by atoms with Crippen molar-refractivity contribution in [3.63, 3.8) is 0 Å². The lowest BCUT2D eigenvalue weighted by molar-refractivity contribution is -0.929. The number of quaternary nitrogens is 1. The number of carbonyl (C=O) groups excluding carboxylic acids is 1. The highest BCUT2D eigenvalue weighted by Crippen LogP contribution is 2.32. The zero-order chi connectivity index (χ0) is 26.5. The minimum absolute atomic E-state index is 0. The molecule has 2 aliphatic heterocycles. The SMILES string of the molecule is CCc1ccc(-c2ccc3c(c2)C=C(C(=O)Nc2ccc(C[N+](C)(C)C4CCOCC4)cc2)CCO3)cc1.[I-]. The molecule has 0 unspecified atom stereocenters. The minimum Gasteiger partial charge on any atom is -1.00 e. The molecule has 2 aliphatic rings. The van der Waals surface area contributed by atoms with Crippen molar-refractivity contribution < 1.29 is 42.7 Å². The van der Waals surface area contributed by atoms with Crippen LogP contribution in [0.1, 0.15) is 42.9 Å². The number of hydrogen-bond donors (Lipinski definition) is 1. The topological polar surface area (TPSA) is 47.6 Å². The molecule has 1 fully saturated rings. The molecule has 0 atom stereocenters. The fourth-order valence-corrected chi connectivity index (χ4v) is 5.50. The number of aryl methyl sites for hydroxylation is 1. The molecule has 0 radical (unpaired) electrons. The van der Waals surface area contributed by atoms with Crippen molar-refractivity contribution in [3.05, 3.63) is 89.0 Å². The molecule has 6 heteroatoms. The lowest BCUT2D eigenvalue weighted by Crippen LogP contribution is -3.00. The zero-order valence-corrected chi connectivity index (χ0v) is 25.4. The van der Waals surface area contributed by atoms with Gasteiger partial charge in [-0.25, -0.2) is 0 Å². The highest BCUT2D eigenvalue weighted by Gasteiger charge is 2.30. The van der Waals surface area contributed by atoms with Crippen LogP contribution < -0.4 is 34.0 Å². The minimum atomic E-state index is -0.0785. The van der Waals surface area contributed by atoms with Gasteiger partial charge in [-0.05, 0) is 53.5 Å². The molecule has 1 saturated heterocycles. The van der Waals surface area contributed by atoms with Crippen LogP contribution in [0.15, 0.2) is 72.3 Å². The van der Waals surface area contributed by atoms with E-state index >= 15 is 0 Å². The zero-order valence-electron chi connectivity index (χ0n) is 23.2. The Labute approximate surface area is 249 Å². The largest absolute Gasteiger partial charge is 1.00 e. The van der Waals surface area contributed by atoms with Gasteiger partial charge in [0.25, 0.3) is 5.91 Å². The van der Waals surface area contributed by atoms with Crippen LogP contribution in [0.25, 0.3) is 17.2 Å². The number of rotatable bonds is 7. The maximum atomic E-state index is 13.2. The van der Waals surface area contributed by atoms with E-state index in [0.29, 0.717) is 19.1 Å². The van der Waals surface area contributed by atoms with E-state index in [1.165, 1.54) is 11.1 Å². The van der Waals surface area contributed by atoms with E-state index in [-0.39, 0.29) is 29.9 Å². The van der Waals surface area contributed by atoms with E-state index < -0.39 is 0 Å². The van der Waals surface area contributed by atoms with Gasteiger partial charge in [0.2, 0.25) is 0 Å². The van der Waals surface area contributed by atoms with Crippen LogP contribution >= 0.6 is 0 Å². The molecule has 0 bridgehead atoms. The van der Waals surface area contributed by atoms with Gasteiger partial charge in [0.1, 0.15) is 12.3 Å². The summed E-state index contributed by atoms with van der Waals surface area (Å²) in [6, 6.07) is 23.8. The number of nitrogens with zero attached hydrogens (tertiary/aromatic N) is 1. The molecule has 0 aliphatic carbocycles. The number of amides is 1. The highest BCUT2D eigenvalue weighted by atomic mass is 127. The van der Waals surface area contributed by atoms with Crippen LogP contribution in [0.4, 0.5) is 5.69 Å². The van der Waals surface area contributed by atoms with Crippen molar-refractivity contribution in [2.75, 3.05) is 39.2 Å². The molecule has 5 rings (SSSR count). The molecule has 5 nitrogen and oxygen atoms in total. The lowest BCUT2D eigenvalue weighted by Gasteiger charge is -2.40. The van der Waals surface area contributed by atoms with Crippen LogP contribution in [0.2, 0.25) is 0 Å². The molecule has 0 saturated carbocycles. The van der Waals surface area contributed by atoms with Gasteiger partial charge in [-0.15, -0.1) is 0 Å². The van der Waals surface area contributed by atoms with Gasteiger partial charge in [-0.3, -0.25) is 4.79 Å². The number of halogens is 1. The third-order valence-electron chi connectivity index (χ3n) is 7.94. The molecule has 3 aromatic rings. The van der Waals surface area contributed by atoms with Gasteiger partial charge in [-0.1, -0.05) is 49.4 Å². The monoisotopic (exact) mass is 638 g/mol. The normalized spacial score (nSPS) is 15.7. The third-order valence-corrected chi connectivity index (χ3v) is 7.94. The Hall–Kier alpha value is -2.68. The first-order valence-electron chi connectivity index (χ1n) is 13.8. The van der Waals surface area contributed by atoms with Crippen molar-refractivity contribution in [2.45, 2.75) is 45.2 Å². The second-order valence-corrected chi connectivity index (χ2v) is 11.0. The molecule has 39 heavy (non-hydrogen) atoms. The Kier molecular flexibility index (Phi) is 9.86. The number of ether oxygens (including phenoxy) is 2. The van der Waals surface area contributed by atoms with Crippen LogP contribution in [0, 0.1) is 0 Å². The summed E-state index contributed by atoms with van der Waals surface area (Å²) in [7, 11) is 4.60. The van der Waals surface area contributed by atoms with Crippen LogP contribution in [-0.4, -0.2) is 50.3 Å². The Balaban J connectivity index is 0.00000353. The fraction of sp³-hybridized carbons (Fsp3) is 0.364. The van der Waals surface area contributed by atoms with Crippen molar-refractivity contribution in [3.8, 4) is 16.9 Å². The van der Waals surface area contributed by atoms with E-state index in [1.54, 1.807) is 0 Å². The van der Waals surface area contributed by atoms with Crippen LogP contribution in [0.3, 0.4) is 0 Å². The molecule has 0 aromatic heterocycles. The maximum absolute atomic E-state index is 13.2. The first-order valence-corrected chi connectivity index (χ1v) is 13.8. The number of carbonyl (C=O) groups is 1. The van der Waals surface area contributed by atoms with Crippen LogP contribution in [0.5, 0.6) is 5.75 Å². The summed E-state index contributed by atoms with van der Waals surface area (Å²) >= 11 is 0. The average Bonchev–Trinajstić information content (AvgIpc) is 3.17. The van der Waals surface area contributed by atoms with Gasteiger partial charge in [0.15, 0.2) is 0 Å². The number of anilines is 1. The number of benzene rings is 3. The van der Waals surface area contributed by atoms with Crippen molar-refractivity contribution in [2.24, 2.45) is 0 Å². The quantitative estimate of drug-likeness (QED) is 0.319. The van der Waals surface area contributed by atoms with Gasteiger partial charge in [-0.2, -0.15) is 0 Å². The number of hydrogen-bond acceptors (Lipinski definition) is 3. The number of fused-ring (bicyclic) bond motifs is 1.